The van der Waals surface area contributed by atoms with Crippen molar-refractivity contribution in [1.29, 1.82) is 5.26 Å². The lowest BCUT2D eigenvalue weighted by atomic mass is 9.93. The lowest BCUT2D eigenvalue weighted by Crippen LogP contribution is -2.30. The molecule has 11 heavy (non-hydrogen) atoms. The summed E-state index contributed by atoms with van der Waals surface area (Å²) in [5.74, 6) is 0. The van der Waals surface area contributed by atoms with Crippen LogP contribution in [-0.2, 0) is 0 Å². The SMILES string of the molecule is CC(C#N)N1CCC(C)(C)C1. The molecule has 1 unspecified atom stereocenters. The molecule has 0 aliphatic carbocycles. The Hall–Kier alpha value is -0.550. The molecule has 0 bridgehead atoms. The van der Waals surface area contributed by atoms with E-state index >= 15 is 0 Å². The van der Waals surface area contributed by atoms with Gasteiger partial charge in [0.25, 0.3) is 0 Å². The first kappa shape index (κ1) is 8.55. The Morgan fingerprint density at radius 1 is 1.55 bits per heavy atom. The molecule has 2 nitrogen and oxygen atoms in total. The maximum Gasteiger partial charge on any atom is 0.0949 e. The molecule has 1 heterocycles. The molecule has 62 valence electrons. The third-order valence-electron chi connectivity index (χ3n) is 2.44. The van der Waals surface area contributed by atoms with Gasteiger partial charge in [-0.05, 0) is 25.3 Å². The summed E-state index contributed by atoms with van der Waals surface area (Å²) in [6, 6.07) is 2.36. The second kappa shape index (κ2) is 2.83. The molecule has 0 spiro atoms. The average Bonchev–Trinajstić information content (AvgIpc) is 2.29. The van der Waals surface area contributed by atoms with Crippen molar-refractivity contribution >= 4 is 0 Å². The van der Waals surface area contributed by atoms with Crippen molar-refractivity contribution in [2.75, 3.05) is 13.1 Å². The lowest BCUT2D eigenvalue weighted by Gasteiger charge is -2.20. The van der Waals surface area contributed by atoms with Crippen LogP contribution in [0.4, 0.5) is 0 Å². The second-order valence-corrected chi connectivity index (χ2v) is 4.19. The summed E-state index contributed by atoms with van der Waals surface area (Å²) >= 11 is 0. The molecule has 1 aliphatic heterocycles. The van der Waals surface area contributed by atoms with E-state index in [4.69, 9.17) is 5.26 Å². The Morgan fingerprint density at radius 2 is 2.18 bits per heavy atom. The summed E-state index contributed by atoms with van der Waals surface area (Å²) in [7, 11) is 0. The molecule has 0 N–H and O–H groups in total. The molecule has 1 fully saturated rings. The molecule has 1 saturated heterocycles. The molecule has 1 aliphatic rings. The van der Waals surface area contributed by atoms with E-state index in [1.807, 2.05) is 6.92 Å². The Bertz CT molecular complexity index is 178. The van der Waals surface area contributed by atoms with Gasteiger partial charge in [-0.3, -0.25) is 4.90 Å². The third kappa shape index (κ3) is 1.94. The Labute approximate surface area is 68.8 Å². The molecule has 0 aromatic heterocycles. The maximum absolute atomic E-state index is 8.67. The van der Waals surface area contributed by atoms with Crippen LogP contribution in [0.1, 0.15) is 27.2 Å². The molecule has 0 radical (unpaired) electrons. The number of hydrogen-bond donors (Lipinski definition) is 0. The zero-order valence-electron chi connectivity index (χ0n) is 7.59. The van der Waals surface area contributed by atoms with Crippen LogP contribution in [0.5, 0.6) is 0 Å². The number of nitriles is 1. The van der Waals surface area contributed by atoms with E-state index < -0.39 is 0 Å². The van der Waals surface area contributed by atoms with Crippen LogP contribution in [0, 0.1) is 16.7 Å². The van der Waals surface area contributed by atoms with E-state index in [9.17, 15) is 0 Å². The monoisotopic (exact) mass is 152 g/mol. The van der Waals surface area contributed by atoms with Gasteiger partial charge < -0.3 is 0 Å². The Morgan fingerprint density at radius 3 is 2.55 bits per heavy atom. The van der Waals surface area contributed by atoms with Crippen LogP contribution in [-0.4, -0.2) is 24.0 Å². The summed E-state index contributed by atoms with van der Waals surface area (Å²) in [5.41, 5.74) is 0.422. The van der Waals surface area contributed by atoms with Gasteiger partial charge in [-0.15, -0.1) is 0 Å². The highest BCUT2D eigenvalue weighted by atomic mass is 15.2. The predicted molar refractivity (Wildman–Crippen MR) is 45.0 cm³/mol. The van der Waals surface area contributed by atoms with Crippen LogP contribution in [0.15, 0.2) is 0 Å². The van der Waals surface area contributed by atoms with Gasteiger partial charge in [-0.1, -0.05) is 13.8 Å². The largest absolute Gasteiger partial charge is 0.288 e. The molecule has 0 saturated carbocycles. The second-order valence-electron chi connectivity index (χ2n) is 4.19. The summed E-state index contributed by atoms with van der Waals surface area (Å²) in [6.45, 7) is 8.65. The molecular formula is C9H16N2. The van der Waals surface area contributed by atoms with Crippen LogP contribution in [0.25, 0.3) is 0 Å². The highest BCUT2D eigenvalue weighted by molar-refractivity contribution is 4.94. The average molecular weight is 152 g/mol. The third-order valence-corrected chi connectivity index (χ3v) is 2.44. The molecular weight excluding hydrogens is 136 g/mol. The summed E-state index contributed by atoms with van der Waals surface area (Å²) in [6.07, 6.45) is 1.22. The van der Waals surface area contributed by atoms with E-state index in [1.165, 1.54) is 6.42 Å². The quantitative estimate of drug-likeness (QED) is 0.571. The standard InChI is InChI=1S/C9H16N2/c1-8(6-10)11-5-4-9(2,3)7-11/h8H,4-5,7H2,1-3H3. The summed E-state index contributed by atoms with van der Waals surface area (Å²) < 4.78 is 0. The molecule has 2 heteroatoms. The summed E-state index contributed by atoms with van der Waals surface area (Å²) in [4.78, 5) is 2.25. The van der Waals surface area contributed by atoms with Gasteiger partial charge in [0, 0.05) is 6.54 Å². The van der Waals surface area contributed by atoms with Gasteiger partial charge in [0.15, 0.2) is 0 Å². The first-order valence-corrected chi connectivity index (χ1v) is 4.19. The normalized spacial score (nSPS) is 26.4. The van der Waals surface area contributed by atoms with Crippen molar-refractivity contribution in [2.45, 2.75) is 33.2 Å². The lowest BCUT2D eigenvalue weighted by molar-refractivity contribution is 0.266. The van der Waals surface area contributed by atoms with E-state index in [1.54, 1.807) is 0 Å². The zero-order valence-corrected chi connectivity index (χ0v) is 7.59. The van der Waals surface area contributed by atoms with Crippen molar-refractivity contribution in [3.63, 3.8) is 0 Å². The van der Waals surface area contributed by atoms with Crippen molar-refractivity contribution in [3.8, 4) is 6.07 Å². The highest BCUT2D eigenvalue weighted by Crippen LogP contribution is 2.29. The molecule has 1 atom stereocenters. The number of hydrogen-bond acceptors (Lipinski definition) is 2. The summed E-state index contributed by atoms with van der Waals surface area (Å²) in [5, 5.41) is 8.67. The van der Waals surface area contributed by atoms with Crippen molar-refractivity contribution < 1.29 is 0 Å². The fraction of sp³-hybridized carbons (Fsp3) is 0.889. The van der Waals surface area contributed by atoms with E-state index in [0.717, 1.165) is 13.1 Å². The van der Waals surface area contributed by atoms with Crippen molar-refractivity contribution in [2.24, 2.45) is 5.41 Å². The fourth-order valence-electron chi connectivity index (χ4n) is 1.57. The Balaban J connectivity index is 2.50. The first-order chi connectivity index (χ1) is 5.05. The maximum atomic E-state index is 8.67. The van der Waals surface area contributed by atoms with Gasteiger partial charge in [0.05, 0.1) is 12.1 Å². The smallest absolute Gasteiger partial charge is 0.0949 e. The zero-order chi connectivity index (χ0) is 8.48. The number of rotatable bonds is 1. The van der Waals surface area contributed by atoms with Gasteiger partial charge >= 0.3 is 0 Å². The van der Waals surface area contributed by atoms with Gasteiger partial charge in [-0.2, -0.15) is 5.26 Å². The molecule has 0 amide bonds. The van der Waals surface area contributed by atoms with E-state index in [-0.39, 0.29) is 6.04 Å². The number of nitrogens with zero attached hydrogens (tertiary/aromatic N) is 2. The topological polar surface area (TPSA) is 27.0 Å². The number of likely N-dealkylation sites (tertiary alicyclic amines) is 1. The van der Waals surface area contributed by atoms with Crippen molar-refractivity contribution in [3.05, 3.63) is 0 Å². The molecule has 1 rings (SSSR count). The molecule has 0 aromatic carbocycles. The van der Waals surface area contributed by atoms with E-state index in [0.29, 0.717) is 5.41 Å². The minimum Gasteiger partial charge on any atom is -0.288 e. The first-order valence-electron chi connectivity index (χ1n) is 4.19. The fourth-order valence-corrected chi connectivity index (χ4v) is 1.57. The van der Waals surface area contributed by atoms with Gasteiger partial charge in [0.2, 0.25) is 0 Å². The van der Waals surface area contributed by atoms with Crippen LogP contribution >= 0.6 is 0 Å². The van der Waals surface area contributed by atoms with Crippen LogP contribution < -0.4 is 0 Å². The van der Waals surface area contributed by atoms with Crippen LogP contribution in [0.3, 0.4) is 0 Å². The Kier molecular flexibility index (Phi) is 2.20. The predicted octanol–water partition coefficient (Wildman–Crippen LogP) is 1.63. The van der Waals surface area contributed by atoms with Gasteiger partial charge in [0.1, 0.15) is 0 Å². The minimum atomic E-state index is 0.0942. The highest BCUT2D eigenvalue weighted by Gasteiger charge is 2.31. The van der Waals surface area contributed by atoms with E-state index in [2.05, 4.69) is 24.8 Å². The minimum absolute atomic E-state index is 0.0942. The van der Waals surface area contributed by atoms with Crippen molar-refractivity contribution in [1.82, 2.24) is 4.90 Å². The van der Waals surface area contributed by atoms with Crippen LogP contribution in [0.2, 0.25) is 0 Å². The molecule has 0 aromatic rings. The van der Waals surface area contributed by atoms with Gasteiger partial charge in [-0.25, -0.2) is 0 Å².